The molecule has 0 radical (unpaired) electrons. The molecule has 0 saturated carbocycles. The third-order valence-corrected chi connectivity index (χ3v) is 4.60. The predicted octanol–water partition coefficient (Wildman–Crippen LogP) is 3.19. The van der Waals surface area contributed by atoms with Gasteiger partial charge in [-0.25, -0.2) is 9.59 Å². The van der Waals surface area contributed by atoms with Crippen LogP contribution in [0.1, 0.15) is 44.5 Å². The summed E-state index contributed by atoms with van der Waals surface area (Å²) in [5, 5.41) is 14.1. The second kappa shape index (κ2) is 7.26. The van der Waals surface area contributed by atoms with E-state index in [0.29, 0.717) is 16.8 Å². The van der Waals surface area contributed by atoms with E-state index < -0.39 is 17.5 Å². The molecule has 0 saturated heterocycles. The molecule has 28 heavy (non-hydrogen) atoms. The SMILES string of the molecule is CCOC(=O)c1c(C)cc2c(C(=O)O)nn(-c3ccc(C)cc3)c(=O)c2c1C. The zero-order valence-electron chi connectivity index (χ0n) is 16.1. The number of hydrogen-bond donors (Lipinski definition) is 1. The maximum absolute atomic E-state index is 13.2. The van der Waals surface area contributed by atoms with Gasteiger partial charge in [0.2, 0.25) is 0 Å². The standard InChI is InChI=1S/C21H20N2O5/c1-5-28-21(27)16-12(3)10-15-17(13(16)4)19(24)23(22-18(15)20(25)26)14-8-6-11(2)7-9-14/h6-10H,5H2,1-4H3,(H,25,26). The van der Waals surface area contributed by atoms with Crippen molar-refractivity contribution in [3.05, 3.63) is 68.6 Å². The lowest BCUT2D eigenvalue weighted by Crippen LogP contribution is -2.26. The highest BCUT2D eigenvalue weighted by molar-refractivity contribution is 6.06. The van der Waals surface area contributed by atoms with E-state index in [4.69, 9.17) is 4.74 Å². The Kier molecular flexibility index (Phi) is 5.00. The van der Waals surface area contributed by atoms with Crippen molar-refractivity contribution in [3.63, 3.8) is 0 Å². The van der Waals surface area contributed by atoms with Crippen molar-refractivity contribution in [2.45, 2.75) is 27.7 Å². The van der Waals surface area contributed by atoms with Crippen molar-refractivity contribution in [1.29, 1.82) is 0 Å². The lowest BCUT2D eigenvalue weighted by molar-refractivity contribution is 0.0524. The highest BCUT2D eigenvalue weighted by atomic mass is 16.5. The number of aryl methyl sites for hydroxylation is 3. The summed E-state index contributed by atoms with van der Waals surface area (Å²) in [7, 11) is 0. The molecule has 0 aliphatic rings. The van der Waals surface area contributed by atoms with E-state index in [9.17, 15) is 19.5 Å². The van der Waals surface area contributed by atoms with Gasteiger partial charge in [0.05, 0.1) is 23.2 Å². The fraction of sp³-hybridized carbons (Fsp3) is 0.238. The second-order valence-corrected chi connectivity index (χ2v) is 6.54. The van der Waals surface area contributed by atoms with Gasteiger partial charge < -0.3 is 9.84 Å². The van der Waals surface area contributed by atoms with E-state index in [1.807, 2.05) is 6.92 Å². The number of aromatic nitrogens is 2. The van der Waals surface area contributed by atoms with E-state index in [2.05, 4.69) is 5.10 Å². The van der Waals surface area contributed by atoms with Gasteiger partial charge in [0.25, 0.3) is 5.56 Å². The summed E-state index contributed by atoms with van der Waals surface area (Å²) in [5.41, 5.74) is 1.86. The summed E-state index contributed by atoms with van der Waals surface area (Å²) < 4.78 is 6.16. The number of aromatic carboxylic acids is 1. The van der Waals surface area contributed by atoms with Gasteiger partial charge in [-0.1, -0.05) is 17.7 Å². The van der Waals surface area contributed by atoms with Crippen LogP contribution < -0.4 is 5.56 Å². The number of nitrogens with zero attached hydrogens (tertiary/aromatic N) is 2. The summed E-state index contributed by atoms with van der Waals surface area (Å²) in [5.74, 6) is -1.80. The van der Waals surface area contributed by atoms with Gasteiger partial charge in [-0.05, 0) is 57.0 Å². The number of carbonyl (C=O) groups excluding carboxylic acids is 1. The van der Waals surface area contributed by atoms with E-state index in [0.717, 1.165) is 10.2 Å². The molecule has 0 spiro atoms. The number of carbonyl (C=O) groups is 2. The average Bonchev–Trinajstić information content (AvgIpc) is 2.62. The van der Waals surface area contributed by atoms with Gasteiger partial charge in [-0.3, -0.25) is 4.79 Å². The van der Waals surface area contributed by atoms with Gasteiger partial charge in [-0.15, -0.1) is 0 Å². The van der Waals surface area contributed by atoms with Gasteiger partial charge in [-0.2, -0.15) is 9.78 Å². The lowest BCUT2D eigenvalue weighted by Gasteiger charge is -2.15. The normalized spacial score (nSPS) is 10.9. The molecule has 144 valence electrons. The van der Waals surface area contributed by atoms with Crippen molar-refractivity contribution in [2.75, 3.05) is 6.61 Å². The Labute approximate surface area is 161 Å². The van der Waals surface area contributed by atoms with Crippen LogP contribution in [0, 0.1) is 20.8 Å². The Morgan fingerprint density at radius 3 is 2.36 bits per heavy atom. The Morgan fingerprint density at radius 2 is 1.79 bits per heavy atom. The third kappa shape index (κ3) is 3.15. The summed E-state index contributed by atoms with van der Waals surface area (Å²) in [6.45, 7) is 7.09. The van der Waals surface area contributed by atoms with Crippen LogP contribution in [-0.2, 0) is 4.74 Å². The predicted molar refractivity (Wildman–Crippen MR) is 104 cm³/mol. The number of hydrogen-bond acceptors (Lipinski definition) is 5. The van der Waals surface area contributed by atoms with Crippen LogP contribution in [0.2, 0.25) is 0 Å². The van der Waals surface area contributed by atoms with Crippen LogP contribution in [0.4, 0.5) is 0 Å². The summed E-state index contributed by atoms with van der Waals surface area (Å²) in [6, 6.07) is 8.50. The molecular formula is C21H20N2O5. The first-order valence-corrected chi connectivity index (χ1v) is 8.81. The quantitative estimate of drug-likeness (QED) is 0.698. The topological polar surface area (TPSA) is 98.5 Å². The number of fused-ring (bicyclic) bond motifs is 1. The average molecular weight is 380 g/mol. The molecule has 0 amide bonds. The molecule has 0 atom stereocenters. The second-order valence-electron chi connectivity index (χ2n) is 6.54. The molecular weight excluding hydrogens is 360 g/mol. The monoisotopic (exact) mass is 380 g/mol. The summed E-state index contributed by atoms with van der Waals surface area (Å²) in [6.07, 6.45) is 0. The van der Waals surface area contributed by atoms with Crippen molar-refractivity contribution >= 4 is 22.7 Å². The minimum absolute atomic E-state index is 0.140. The molecule has 2 aromatic carbocycles. The maximum Gasteiger partial charge on any atom is 0.357 e. The first kappa shape index (κ1) is 19.3. The highest BCUT2D eigenvalue weighted by Crippen LogP contribution is 2.26. The molecule has 0 bridgehead atoms. The Bertz CT molecular complexity index is 1160. The third-order valence-electron chi connectivity index (χ3n) is 4.60. The first-order valence-electron chi connectivity index (χ1n) is 8.81. The van der Waals surface area contributed by atoms with Crippen LogP contribution in [0.3, 0.4) is 0 Å². The van der Waals surface area contributed by atoms with Gasteiger partial charge in [0, 0.05) is 5.39 Å². The number of ether oxygens (including phenoxy) is 1. The van der Waals surface area contributed by atoms with Crippen LogP contribution in [0.15, 0.2) is 35.1 Å². The molecule has 1 N–H and O–H groups in total. The molecule has 3 rings (SSSR count). The molecule has 0 fully saturated rings. The minimum atomic E-state index is -1.26. The largest absolute Gasteiger partial charge is 0.476 e. The number of rotatable bonds is 4. The number of carboxylic acids is 1. The van der Waals surface area contributed by atoms with E-state index in [1.165, 1.54) is 6.07 Å². The Hall–Kier alpha value is -3.48. The van der Waals surface area contributed by atoms with Crippen LogP contribution in [0.5, 0.6) is 0 Å². The zero-order chi connectivity index (χ0) is 20.6. The van der Waals surface area contributed by atoms with E-state index in [-0.39, 0.29) is 28.6 Å². The molecule has 3 aromatic rings. The van der Waals surface area contributed by atoms with Crippen LogP contribution in [-0.4, -0.2) is 33.4 Å². The molecule has 7 nitrogen and oxygen atoms in total. The lowest BCUT2D eigenvalue weighted by atomic mass is 9.95. The van der Waals surface area contributed by atoms with Crippen molar-refractivity contribution < 1.29 is 19.4 Å². The molecule has 1 heterocycles. The Balaban J connectivity index is 2.45. The molecule has 7 heteroatoms. The fourth-order valence-electron chi connectivity index (χ4n) is 3.29. The highest BCUT2D eigenvalue weighted by Gasteiger charge is 2.23. The number of esters is 1. The van der Waals surface area contributed by atoms with E-state index in [1.54, 1.807) is 45.0 Å². The van der Waals surface area contributed by atoms with Crippen molar-refractivity contribution in [2.24, 2.45) is 0 Å². The molecule has 1 aromatic heterocycles. The van der Waals surface area contributed by atoms with Crippen molar-refractivity contribution in [3.8, 4) is 5.69 Å². The fourth-order valence-corrected chi connectivity index (χ4v) is 3.29. The van der Waals surface area contributed by atoms with Gasteiger partial charge in [0.15, 0.2) is 5.69 Å². The van der Waals surface area contributed by atoms with Gasteiger partial charge >= 0.3 is 11.9 Å². The summed E-state index contributed by atoms with van der Waals surface area (Å²) >= 11 is 0. The van der Waals surface area contributed by atoms with Crippen LogP contribution >= 0.6 is 0 Å². The molecule has 0 aliphatic carbocycles. The smallest absolute Gasteiger partial charge is 0.357 e. The minimum Gasteiger partial charge on any atom is -0.476 e. The van der Waals surface area contributed by atoms with E-state index >= 15 is 0 Å². The Morgan fingerprint density at radius 1 is 1.14 bits per heavy atom. The number of carboxylic acid groups (broad SMARTS) is 1. The van der Waals surface area contributed by atoms with Gasteiger partial charge in [0.1, 0.15) is 0 Å². The van der Waals surface area contributed by atoms with Crippen molar-refractivity contribution in [1.82, 2.24) is 9.78 Å². The summed E-state index contributed by atoms with van der Waals surface area (Å²) in [4.78, 5) is 37.4. The van der Waals surface area contributed by atoms with Crippen LogP contribution in [0.25, 0.3) is 16.5 Å². The molecule has 0 unspecified atom stereocenters. The molecule has 0 aliphatic heterocycles. The number of benzene rings is 2. The maximum atomic E-state index is 13.2. The first-order chi connectivity index (χ1) is 13.3. The zero-order valence-corrected chi connectivity index (χ0v) is 16.1.